The summed E-state index contributed by atoms with van der Waals surface area (Å²) in [7, 11) is 0. The number of aliphatic imine (C=N–C) groups is 1. The molecule has 0 bridgehead atoms. The normalized spacial score (nSPS) is 21.0. The second-order valence-electron chi connectivity index (χ2n) is 11.6. The lowest BCUT2D eigenvalue weighted by atomic mass is 10.0. The Balaban J connectivity index is 0.934. The number of amidine groups is 1. The number of anilines is 2. The Morgan fingerprint density at radius 2 is 1.79 bits per heavy atom. The molecule has 2 aromatic rings. The van der Waals surface area contributed by atoms with Crippen LogP contribution in [0.15, 0.2) is 46.3 Å². The van der Waals surface area contributed by atoms with Crippen molar-refractivity contribution in [2.45, 2.75) is 57.1 Å². The second kappa shape index (κ2) is 13.4. The molecular formula is C32H39N5O5S. The molecule has 0 radical (unpaired) electrons. The highest BCUT2D eigenvalue weighted by molar-refractivity contribution is 8.18. The first-order valence-electron chi connectivity index (χ1n) is 15.2. The third kappa shape index (κ3) is 7.17. The summed E-state index contributed by atoms with van der Waals surface area (Å²) in [6.07, 6.45) is 7.58. The summed E-state index contributed by atoms with van der Waals surface area (Å²) in [6, 6.07) is 11.9. The van der Waals surface area contributed by atoms with Crippen LogP contribution < -0.4 is 20.3 Å². The number of likely N-dealkylation sites (tertiary alicyclic amines) is 1. The minimum atomic E-state index is -0.687. The maximum Gasteiger partial charge on any atom is 0.286 e. The first-order valence-corrected chi connectivity index (χ1v) is 16.1. The molecule has 2 fully saturated rings. The van der Waals surface area contributed by atoms with E-state index >= 15 is 0 Å². The topological polar surface area (TPSA) is 127 Å². The summed E-state index contributed by atoms with van der Waals surface area (Å²) in [4.78, 5) is 33.8. The fourth-order valence-corrected chi connectivity index (χ4v) is 6.99. The van der Waals surface area contributed by atoms with Crippen molar-refractivity contribution < 1.29 is 24.5 Å². The quantitative estimate of drug-likeness (QED) is 0.263. The molecule has 0 aromatic heterocycles. The Morgan fingerprint density at radius 3 is 2.56 bits per heavy atom. The summed E-state index contributed by atoms with van der Waals surface area (Å²) >= 11 is 1.49. The van der Waals surface area contributed by atoms with Crippen LogP contribution in [-0.2, 0) is 16.0 Å². The van der Waals surface area contributed by atoms with Crippen LogP contribution in [0.1, 0.15) is 49.7 Å². The van der Waals surface area contributed by atoms with Gasteiger partial charge in [0, 0.05) is 56.4 Å². The van der Waals surface area contributed by atoms with Gasteiger partial charge in [0.2, 0.25) is 5.91 Å². The van der Waals surface area contributed by atoms with Crippen molar-refractivity contribution in [3.63, 3.8) is 0 Å². The van der Waals surface area contributed by atoms with Crippen LogP contribution in [0.5, 0.6) is 11.5 Å². The Hall–Kier alpha value is -3.54. The average Bonchev–Trinajstić information content (AvgIpc) is 3.40. The van der Waals surface area contributed by atoms with E-state index in [0.717, 1.165) is 73.8 Å². The third-order valence-corrected chi connectivity index (χ3v) is 9.52. The number of nitrogens with zero attached hydrogens (tertiary/aromatic N) is 3. The zero-order chi connectivity index (χ0) is 29.8. The van der Waals surface area contributed by atoms with E-state index < -0.39 is 6.10 Å². The second-order valence-corrected chi connectivity index (χ2v) is 12.6. The van der Waals surface area contributed by atoms with Crippen molar-refractivity contribution in [3.05, 3.63) is 52.4 Å². The number of carbonyl (C=O) groups is 2. The zero-order valence-electron chi connectivity index (χ0n) is 24.3. The molecule has 0 aliphatic carbocycles. The number of aliphatic hydroxyl groups is 1. The summed E-state index contributed by atoms with van der Waals surface area (Å²) in [5, 5.41) is 27.6. The molecule has 2 aromatic carbocycles. The number of piperidine rings is 2. The Kier molecular flexibility index (Phi) is 9.20. The van der Waals surface area contributed by atoms with Gasteiger partial charge in [-0.05, 0) is 86.2 Å². The van der Waals surface area contributed by atoms with Gasteiger partial charge in [0.1, 0.15) is 24.2 Å². The van der Waals surface area contributed by atoms with E-state index in [1.165, 1.54) is 24.2 Å². The van der Waals surface area contributed by atoms with Gasteiger partial charge in [-0.2, -0.15) is 4.99 Å². The van der Waals surface area contributed by atoms with Gasteiger partial charge < -0.3 is 35.4 Å². The number of phenolic OH excluding ortho intramolecular Hbond substituents is 1. The fraction of sp³-hybridized carbons (Fsp3) is 0.469. The smallest absolute Gasteiger partial charge is 0.286 e. The van der Waals surface area contributed by atoms with E-state index in [1.807, 2.05) is 6.08 Å². The molecular weight excluding hydrogens is 566 g/mol. The minimum Gasteiger partial charge on any atom is -0.506 e. The van der Waals surface area contributed by atoms with E-state index in [0.29, 0.717) is 41.8 Å². The van der Waals surface area contributed by atoms with Crippen LogP contribution in [-0.4, -0.2) is 83.6 Å². The standard InChI is InChI=1S/C32H39N5O5S/c38-24(20-42-27-10-9-26(39)30-25(27)8-11-29(40)34-30)19-33-22-12-16-36(17-13-22)23-6-4-21(5-7-23)18-28-31(41)35-32(43-28)37-14-2-1-3-15-37/h4-7,9-10,18,22,24,33,38-39H,1-3,8,11-17,19-20H2,(H,34,40)/t24-/m1/s1. The van der Waals surface area contributed by atoms with Crippen LogP contribution in [0.3, 0.4) is 0 Å². The minimum absolute atomic E-state index is 0.0219. The molecule has 2 saturated heterocycles. The largest absolute Gasteiger partial charge is 0.506 e. The number of hydrogen-bond acceptors (Lipinski definition) is 9. The number of thioether (sulfide) groups is 1. The number of aliphatic hydroxyl groups excluding tert-OH is 1. The number of carbonyl (C=O) groups excluding carboxylic acids is 2. The Bertz CT molecular complexity index is 1400. The van der Waals surface area contributed by atoms with Gasteiger partial charge in [0.05, 0.1) is 10.6 Å². The van der Waals surface area contributed by atoms with E-state index in [4.69, 9.17) is 4.74 Å². The molecule has 0 saturated carbocycles. The first kappa shape index (κ1) is 29.5. The number of ether oxygens (including phenoxy) is 1. The van der Waals surface area contributed by atoms with Crippen LogP contribution in [0.25, 0.3) is 6.08 Å². The van der Waals surface area contributed by atoms with Crippen molar-refractivity contribution in [1.29, 1.82) is 0 Å². The van der Waals surface area contributed by atoms with Crippen molar-refractivity contribution in [2.24, 2.45) is 4.99 Å². The van der Waals surface area contributed by atoms with Gasteiger partial charge in [-0.25, -0.2) is 0 Å². The SMILES string of the molecule is O=C1CCc2c(OC[C@H](O)CNC3CCN(c4ccc(C=C5SC(N6CCCCC6)=NC5=O)cc4)CC3)ccc(O)c2N1. The molecule has 4 aliphatic heterocycles. The van der Waals surface area contributed by atoms with Gasteiger partial charge in [0.25, 0.3) is 5.91 Å². The van der Waals surface area contributed by atoms with Crippen LogP contribution >= 0.6 is 11.8 Å². The van der Waals surface area contributed by atoms with Crippen molar-refractivity contribution in [2.75, 3.05) is 49.5 Å². The van der Waals surface area contributed by atoms with Gasteiger partial charge in [0.15, 0.2) is 5.17 Å². The van der Waals surface area contributed by atoms with Crippen molar-refractivity contribution in [3.8, 4) is 11.5 Å². The summed E-state index contributed by atoms with van der Waals surface area (Å²) in [6.45, 7) is 4.33. The molecule has 228 valence electrons. The predicted octanol–water partition coefficient (Wildman–Crippen LogP) is 3.73. The van der Waals surface area contributed by atoms with Gasteiger partial charge in [-0.15, -0.1) is 0 Å². The Labute approximate surface area is 256 Å². The lowest BCUT2D eigenvalue weighted by Crippen LogP contribution is -2.45. The highest BCUT2D eigenvalue weighted by Gasteiger charge is 2.27. The first-order chi connectivity index (χ1) is 20.9. The highest BCUT2D eigenvalue weighted by Crippen LogP contribution is 2.38. The van der Waals surface area contributed by atoms with Crippen LogP contribution in [0.4, 0.5) is 11.4 Å². The lowest BCUT2D eigenvalue weighted by Gasteiger charge is -2.34. The lowest BCUT2D eigenvalue weighted by molar-refractivity contribution is -0.116. The zero-order valence-corrected chi connectivity index (χ0v) is 25.1. The molecule has 6 rings (SSSR count). The number of hydrogen-bond donors (Lipinski definition) is 4. The van der Waals surface area contributed by atoms with Crippen molar-refractivity contribution in [1.82, 2.24) is 10.2 Å². The molecule has 2 amide bonds. The monoisotopic (exact) mass is 605 g/mol. The average molecular weight is 606 g/mol. The van der Waals surface area contributed by atoms with Gasteiger partial charge in [-0.3, -0.25) is 9.59 Å². The summed E-state index contributed by atoms with van der Waals surface area (Å²) in [5.74, 6) is 0.327. The number of rotatable bonds is 8. The van der Waals surface area contributed by atoms with E-state index in [-0.39, 0.29) is 24.2 Å². The number of amides is 2. The highest BCUT2D eigenvalue weighted by atomic mass is 32.2. The molecule has 4 heterocycles. The predicted molar refractivity (Wildman–Crippen MR) is 170 cm³/mol. The molecule has 0 unspecified atom stereocenters. The van der Waals surface area contributed by atoms with Gasteiger partial charge in [-0.1, -0.05) is 12.1 Å². The molecule has 11 heteroatoms. The van der Waals surface area contributed by atoms with E-state index in [2.05, 4.69) is 49.7 Å². The summed E-state index contributed by atoms with van der Waals surface area (Å²) < 4.78 is 5.87. The van der Waals surface area contributed by atoms with Crippen LogP contribution in [0.2, 0.25) is 0 Å². The molecule has 10 nitrogen and oxygen atoms in total. The molecule has 1 atom stereocenters. The fourth-order valence-electron chi connectivity index (χ4n) is 6.02. The number of benzene rings is 2. The van der Waals surface area contributed by atoms with Crippen LogP contribution in [0, 0.1) is 0 Å². The summed E-state index contributed by atoms with van der Waals surface area (Å²) in [5.41, 5.74) is 3.33. The van der Waals surface area contributed by atoms with E-state index in [9.17, 15) is 19.8 Å². The molecule has 43 heavy (non-hydrogen) atoms. The molecule has 4 aliphatic rings. The number of nitrogens with one attached hydrogen (secondary N) is 2. The third-order valence-electron chi connectivity index (χ3n) is 8.47. The maximum atomic E-state index is 12.5. The number of fused-ring (bicyclic) bond motifs is 1. The van der Waals surface area contributed by atoms with E-state index in [1.54, 1.807) is 6.07 Å². The number of phenols is 1. The Morgan fingerprint density at radius 1 is 1.02 bits per heavy atom. The molecule has 0 spiro atoms. The number of aromatic hydroxyl groups is 1. The maximum absolute atomic E-state index is 12.5. The van der Waals surface area contributed by atoms with Gasteiger partial charge >= 0.3 is 0 Å². The van der Waals surface area contributed by atoms with Crippen molar-refractivity contribution >= 4 is 46.2 Å². The molecule has 4 N–H and O–H groups in total.